The van der Waals surface area contributed by atoms with Gasteiger partial charge in [-0.2, -0.15) is 0 Å². The lowest BCUT2D eigenvalue weighted by Gasteiger charge is -2.29. The van der Waals surface area contributed by atoms with Crippen LogP contribution in [0.2, 0.25) is 0 Å². The fourth-order valence-corrected chi connectivity index (χ4v) is 2.88. The number of hydrogen-bond donors (Lipinski definition) is 0. The van der Waals surface area contributed by atoms with Crippen LogP contribution in [0.15, 0.2) is 0 Å². The number of rotatable bonds is 4. The molecule has 0 amide bonds. The first-order valence-corrected chi connectivity index (χ1v) is 6.90. The van der Waals surface area contributed by atoms with Crippen LogP contribution < -0.4 is 0 Å². The maximum Gasteiger partial charge on any atom is -0.000655 e. The third kappa shape index (κ3) is 6.85. The fourth-order valence-electron chi connectivity index (χ4n) is 2.88. The van der Waals surface area contributed by atoms with E-state index >= 15 is 0 Å². The first kappa shape index (κ1) is 17.5. The molecule has 17 heavy (non-hydrogen) atoms. The first-order valence-electron chi connectivity index (χ1n) is 6.90. The highest BCUT2D eigenvalue weighted by Crippen LogP contribution is 2.11. The lowest BCUT2D eigenvalue weighted by atomic mass is 10.1. The van der Waals surface area contributed by atoms with Gasteiger partial charge in [0.05, 0.1) is 0 Å². The number of hydrogen-bond acceptors (Lipinski definition) is 2. The van der Waals surface area contributed by atoms with E-state index in [0.29, 0.717) is 0 Å². The molecule has 0 aromatic heterocycles. The Balaban J connectivity index is 0.00000128. The van der Waals surface area contributed by atoms with Crippen molar-refractivity contribution >= 4 is 24.8 Å². The third-order valence-electron chi connectivity index (χ3n) is 3.85. The highest BCUT2D eigenvalue weighted by Gasteiger charge is 2.12. The third-order valence-corrected chi connectivity index (χ3v) is 3.85. The van der Waals surface area contributed by atoms with Crippen LogP contribution in [0.5, 0.6) is 0 Å². The summed E-state index contributed by atoms with van der Waals surface area (Å²) in [7, 11) is 0. The predicted molar refractivity (Wildman–Crippen MR) is 79.7 cm³/mol. The van der Waals surface area contributed by atoms with Crippen LogP contribution in [0.3, 0.4) is 0 Å². The van der Waals surface area contributed by atoms with E-state index in [1.54, 1.807) is 0 Å². The molecule has 0 aromatic rings. The Kier molecular flexibility index (Phi) is 10.7. The molecule has 0 unspecified atom stereocenters. The van der Waals surface area contributed by atoms with Crippen LogP contribution in [0.25, 0.3) is 0 Å². The van der Waals surface area contributed by atoms with Gasteiger partial charge < -0.3 is 9.80 Å². The van der Waals surface area contributed by atoms with Crippen LogP contribution in [-0.2, 0) is 0 Å². The van der Waals surface area contributed by atoms with Gasteiger partial charge in [-0.3, -0.25) is 0 Å². The summed E-state index contributed by atoms with van der Waals surface area (Å²) in [6.45, 7) is 8.13. The van der Waals surface area contributed by atoms with Gasteiger partial charge in [-0.25, -0.2) is 0 Å². The van der Waals surface area contributed by atoms with Gasteiger partial charge in [-0.1, -0.05) is 12.8 Å². The van der Waals surface area contributed by atoms with E-state index < -0.39 is 0 Å². The SMILES string of the molecule is C1CCN(CCCN2CCCCC2)CC1.Cl.Cl. The molecule has 0 radical (unpaired) electrons. The summed E-state index contributed by atoms with van der Waals surface area (Å²) < 4.78 is 0. The molecule has 2 heterocycles. The molecule has 0 saturated carbocycles. The van der Waals surface area contributed by atoms with Crippen LogP contribution in [0.1, 0.15) is 44.9 Å². The molecule has 2 rings (SSSR count). The summed E-state index contributed by atoms with van der Waals surface area (Å²) in [4.78, 5) is 5.32. The normalized spacial score (nSPS) is 22.6. The largest absolute Gasteiger partial charge is 0.303 e. The smallest absolute Gasteiger partial charge is 0.000655 e. The molecule has 104 valence electrons. The van der Waals surface area contributed by atoms with E-state index in [1.807, 2.05) is 0 Å². The second-order valence-corrected chi connectivity index (χ2v) is 5.16. The topological polar surface area (TPSA) is 6.48 Å². The van der Waals surface area contributed by atoms with E-state index in [4.69, 9.17) is 0 Å². The Bertz CT molecular complexity index is 149. The summed E-state index contributed by atoms with van der Waals surface area (Å²) >= 11 is 0. The highest BCUT2D eigenvalue weighted by molar-refractivity contribution is 5.85. The van der Waals surface area contributed by atoms with Crippen LogP contribution >= 0.6 is 24.8 Å². The molecular formula is C13H28Cl2N2. The standard InChI is InChI=1S/C13H26N2.2ClH/c1-3-8-14(9-4-1)12-7-13-15-10-5-2-6-11-15;;/h1-13H2;2*1H. The molecule has 0 aromatic carbocycles. The van der Waals surface area contributed by atoms with E-state index in [-0.39, 0.29) is 24.8 Å². The summed E-state index contributed by atoms with van der Waals surface area (Å²) in [6, 6.07) is 0. The van der Waals surface area contributed by atoms with E-state index in [9.17, 15) is 0 Å². The van der Waals surface area contributed by atoms with Crippen molar-refractivity contribution < 1.29 is 0 Å². The summed E-state index contributed by atoms with van der Waals surface area (Å²) in [5, 5.41) is 0. The van der Waals surface area contributed by atoms with Crippen molar-refractivity contribution in [3.8, 4) is 0 Å². The van der Waals surface area contributed by atoms with Crippen LogP contribution in [0.4, 0.5) is 0 Å². The Morgan fingerprint density at radius 2 is 0.882 bits per heavy atom. The molecule has 0 N–H and O–H groups in total. The zero-order valence-corrected chi connectivity index (χ0v) is 12.5. The predicted octanol–water partition coefficient (Wildman–Crippen LogP) is 3.19. The Labute approximate surface area is 119 Å². The van der Waals surface area contributed by atoms with Gasteiger partial charge in [-0.05, 0) is 71.4 Å². The van der Waals surface area contributed by atoms with Gasteiger partial charge in [0.25, 0.3) is 0 Å². The second kappa shape index (κ2) is 10.4. The fraction of sp³-hybridized carbons (Fsp3) is 1.00. The van der Waals surface area contributed by atoms with E-state index in [1.165, 1.54) is 84.2 Å². The van der Waals surface area contributed by atoms with Gasteiger partial charge in [0.15, 0.2) is 0 Å². The van der Waals surface area contributed by atoms with Gasteiger partial charge in [0.1, 0.15) is 0 Å². The second-order valence-electron chi connectivity index (χ2n) is 5.16. The maximum absolute atomic E-state index is 2.66. The van der Waals surface area contributed by atoms with Gasteiger partial charge in [-0.15, -0.1) is 24.8 Å². The molecule has 0 atom stereocenters. The number of piperidine rings is 2. The Morgan fingerprint density at radius 1 is 0.529 bits per heavy atom. The molecular weight excluding hydrogens is 255 g/mol. The number of halogens is 2. The summed E-state index contributed by atoms with van der Waals surface area (Å²) in [6.07, 6.45) is 10.0. The number of nitrogens with zero attached hydrogens (tertiary/aromatic N) is 2. The Hall–Kier alpha value is 0.500. The molecule has 4 heteroatoms. The van der Waals surface area contributed by atoms with Crippen LogP contribution in [0, 0.1) is 0 Å². The average Bonchev–Trinajstić information content (AvgIpc) is 2.32. The van der Waals surface area contributed by atoms with Gasteiger partial charge in [0.2, 0.25) is 0 Å². The maximum atomic E-state index is 2.66. The van der Waals surface area contributed by atoms with E-state index in [0.717, 1.165) is 0 Å². The summed E-state index contributed by atoms with van der Waals surface area (Å²) in [5.41, 5.74) is 0. The molecule has 0 bridgehead atoms. The first-order chi connectivity index (χ1) is 7.45. The van der Waals surface area contributed by atoms with Gasteiger partial charge >= 0.3 is 0 Å². The van der Waals surface area contributed by atoms with E-state index in [2.05, 4.69) is 9.80 Å². The lowest BCUT2D eigenvalue weighted by Crippen LogP contribution is -2.35. The van der Waals surface area contributed by atoms with Crippen molar-refractivity contribution in [2.24, 2.45) is 0 Å². The zero-order chi connectivity index (χ0) is 10.3. The van der Waals surface area contributed by atoms with Gasteiger partial charge in [0, 0.05) is 0 Å². The molecule has 2 saturated heterocycles. The molecule has 2 aliphatic heterocycles. The molecule has 2 nitrogen and oxygen atoms in total. The van der Waals surface area contributed by atoms with Crippen molar-refractivity contribution in [3.63, 3.8) is 0 Å². The summed E-state index contributed by atoms with van der Waals surface area (Å²) in [5.74, 6) is 0. The Morgan fingerprint density at radius 3 is 1.24 bits per heavy atom. The van der Waals surface area contributed by atoms with Crippen LogP contribution in [-0.4, -0.2) is 49.1 Å². The monoisotopic (exact) mass is 282 g/mol. The minimum absolute atomic E-state index is 0. The lowest BCUT2D eigenvalue weighted by molar-refractivity contribution is 0.188. The molecule has 2 fully saturated rings. The van der Waals surface area contributed by atoms with Crippen molar-refractivity contribution in [1.29, 1.82) is 0 Å². The zero-order valence-electron chi connectivity index (χ0n) is 10.9. The quantitative estimate of drug-likeness (QED) is 0.782. The molecule has 0 spiro atoms. The van der Waals surface area contributed by atoms with Crippen molar-refractivity contribution in [3.05, 3.63) is 0 Å². The average molecular weight is 283 g/mol. The molecule has 2 aliphatic rings. The minimum Gasteiger partial charge on any atom is -0.303 e. The van der Waals surface area contributed by atoms with Crippen molar-refractivity contribution in [2.45, 2.75) is 44.9 Å². The van der Waals surface area contributed by atoms with Crippen molar-refractivity contribution in [2.75, 3.05) is 39.3 Å². The van der Waals surface area contributed by atoms with Crippen molar-refractivity contribution in [1.82, 2.24) is 9.80 Å². The minimum atomic E-state index is 0. The molecule has 0 aliphatic carbocycles. The number of likely N-dealkylation sites (tertiary alicyclic amines) is 2. The highest BCUT2D eigenvalue weighted by atomic mass is 35.5.